The molecular weight excluding hydrogens is 287 g/mol. The second-order valence-electron chi connectivity index (χ2n) is 4.25. The molecule has 2 aromatic heterocycles. The molecule has 0 unspecified atom stereocenters. The van der Waals surface area contributed by atoms with Crippen LogP contribution in [0.4, 0.5) is 0 Å². The lowest BCUT2D eigenvalue weighted by atomic mass is 10.2. The van der Waals surface area contributed by atoms with Gasteiger partial charge in [0, 0.05) is 24.8 Å². The van der Waals surface area contributed by atoms with Gasteiger partial charge in [-0.2, -0.15) is 0 Å². The van der Waals surface area contributed by atoms with Crippen LogP contribution in [0.15, 0.2) is 18.5 Å². The molecule has 0 atom stereocenters. The molecule has 1 aliphatic heterocycles. The van der Waals surface area contributed by atoms with Crippen molar-refractivity contribution in [2.45, 2.75) is 13.0 Å². The predicted octanol–water partition coefficient (Wildman–Crippen LogP) is 2.39. The van der Waals surface area contributed by atoms with Gasteiger partial charge in [-0.15, -0.1) is 0 Å². The molecule has 0 saturated carbocycles. The fourth-order valence-electron chi connectivity index (χ4n) is 2.11. The van der Waals surface area contributed by atoms with E-state index < -0.39 is 0 Å². The highest BCUT2D eigenvalue weighted by molar-refractivity contribution is 6.33. The maximum absolute atomic E-state index is 11.9. The zero-order valence-electron chi connectivity index (χ0n) is 9.86. The molecule has 0 aliphatic carbocycles. The lowest BCUT2D eigenvalue weighted by Gasteiger charge is -2.01. The number of amides is 1. The molecule has 7 heteroatoms. The smallest absolute Gasteiger partial charge is 0.267 e. The van der Waals surface area contributed by atoms with Crippen molar-refractivity contribution < 1.29 is 4.79 Å². The van der Waals surface area contributed by atoms with Gasteiger partial charge in [0.1, 0.15) is 5.69 Å². The minimum Gasteiger partial charge on any atom is -0.351 e. The molecule has 0 saturated heterocycles. The van der Waals surface area contributed by atoms with Gasteiger partial charge >= 0.3 is 0 Å². The zero-order chi connectivity index (χ0) is 13.4. The van der Waals surface area contributed by atoms with Gasteiger partial charge in [-0.05, 0) is 24.1 Å². The largest absolute Gasteiger partial charge is 0.351 e. The number of carbonyl (C=O) groups excluding carboxylic acids is 1. The van der Waals surface area contributed by atoms with Crippen LogP contribution >= 0.6 is 23.2 Å². The summed E-state index contributed by atoms with van der Waals surface area (Å²) in [5.74, 6) is -0.0833. The number of nitrogens with one attached hydrogen (secondary N) is 1. The van der Waals surface area contributed by atoms with Crippen molar-refractivity contribution in [2.75, 3.05) is 6.54 Å². The van der Waals surface area contributed by atoms with Gasteiger partial charge in [0.2, 0.25) is 5.28 Å². The van der Waals surface area contributed by atoms with Crippen LogP contribution in [0.25, 0.3) is 11.3 Å². The predicted molar refractivity (Wildman–Crippen MR) is 72.4 cm³/mol. The highest BCUT2D eigenvalue weighted by Gasteiger charge is 2.18. The number of hydrogen-bond acceptors (Lipinski definition) is 3. The third-order valence-electron chi connectivity index (χ3n) is 2.98. The van der Waals surface area contributed by atoms with Crippen LogP contribution in [0.2, 0.25) is 10.3 Å². The monoisotopic (exact) mass is 296 g/mol. The first-order valence-corrected chi connectivity index (χ1v) is 6.57. The highest BCUT2D eigenvalue weighted by Crippen LogP contribution is 2.28. The van der Waals surface area contributed by atoms with Crippen LogP contribution in [-0.2, 0) is 6.54 Å². The van der Waals surface area contributed by atoms with Gasteiger partial charge in [-0.25, -0.2) is 9.97 Å². The lowest BCUT2D eigenvalue weighted by Crippen LogP contribution is -2.22. The Bertz CT molecular complexity index is 653. The SMILES string of the molecule is O=C1NCCCn2cc(-c3nc(Cl)ncc3Cl)cc21. The molecule has 98 valence electrons. The second kappa shape index (κ2) is 4.83. The summed E-state index contributed by atoms with van der Waals surface area (Å²) in [6.07, 6.45) is 4.21. The third-order valence-corrected chi connectivity index (χ3v) is 3.44. The Balaban J connectivity index is 2.10. The molecule has 0 radical (unpaired) electrons. The molecular formula is C12H10Cl2N4O. The molecule has 1 amide bonds. The van der Waals surface area contributed by atoms with E-state index in [0.29, 0.717) is 23.0 Å². The van der Waals surface area contributed by atoms with Crippen molar-refractivity contribution in [2.24, 2.45) is 0 Å². The topological polar surface area (TPSA) is 59.8 Å². The first-order valence-electron chi connectivity index (χ1n) is 5.82. The van der Waals surface area contributed by atoms with Crippen molar-refractivity contribution in [3.05, 3.63) is 34.5 Å². The van der Waals surface area contributed by atoms with E-state index in [-0.39, 0.29) is 11.2 Å². The van der Waals surface area contributed by atoms with Crippen LogP contribution in [0, 0.1) is 0 Å². The number of halogens is 2. The van der Waals surface area contributed by atoms with Crippen LogP contribution in [-0.4, -0.2) is 27.0 Å². The highest BCUT2D eigenvalue weighted by atomic mass is 35.5. The van der Waals surface area contributed by atoms with Crippen LogP contribution in [0.5, 0.6) is 0 Å². The first-order chi connectivity index (χ1) is 9.15. The lowest BCUT2D eigenvalue weighted by molar-refractivity contribution is 0.0951. The number of aryl methyl sites for hydroxylation is 1. The summed E-state index contributed by atoms with van der Waals surface area (Å²) in [7, 11) is 0. The number of nitrogens with zero attached hydrogens (tertiary/aromatic N) is 3. The molecule has 5 nitrogen and oxygen atoms in total. The van der Waals surface area contributed by atoms with E-state index in [4.69, 9.17) is 23.2 Å². The Labute approximate surface area is 119 Å². The molecule has 0 spiro atoms. The van der Waals surface area contributed by atoms with Crippen LogP contribution in [0.1, 0.15) is 16.9 Å². The Kier molecular flexibility index (Phi) is 3.16. The van der Waals surface area contributed by atoms with E-state index >= 15 is 0 Å². The van der Waals surface area contributed by atoms with E-state index in [0.717, 1.165) is 18.5 Å². The number of fused-ring (bicyclic) bond motifs is 1. The number of rotatable bonds is 1. The fourth-order valence-corrected chi connectivity index (χ4v) is 2.44. The number of hydrogen-bond donors (Lipinski definition) is 1. The molecule has 19 heavy (non-hydrogen) atoms. The quantitative estimate of drug-likeness (QED) is 0.822. The third kappa shape index (κ3) is 2.31. The standard InChI is InChI=1S/C12H10Cl2N4O/c13-8-5-16-12(14)17-10(8)7-4-9-11(19)15-2-1-3-18(9)6-7/h4-6H,1-3H2,(H,15,19). The number of carbonyl (C=O) groups is 1. The fraction of sp³-hybridized carbons (Fsp3) is 0.250. The normalized spacial score (nSPS) is 14.7. The maximum Gasteiger partial charge on any atom is 0.267 e. The first kappa shape index (κ1) is 12.4. The average Bonchev–Trinajstić information content (AvgIpc) is 2.74. The van der Waals surface area contributed by atoms with Crippen molar-refractivity contribution >= 4 is 29.1 Å². The maximum atomic E-state index is 11.9. The Morgan fingerprint density at radius 2 is 2.21 bits per heavy atom. The van der Waals surface area contributed by atoms with E-state index in [1.54, 1.807) is 6.07 Å². The minimum atomic E-state index is -0.0833. The van der Waals surface area contributed by atoms with Gasteiger partial charge in [-0.1, -0.05) is 11.6 Å². The Morgan fingerprint density at radius 3 is 3.05 bits per heavy atom. The molecule has 0 fully saturated rings. The molecule has 1 aliphatic rings. The summed E-state index contributed by atoms with van der Waals surface area (Å²) in [4.78, 5) is 19.8. The van der Waals surface area contributed by atoms with E-state index in [9.17, 15) is 4.79 Å². The van der Waals surface area contributed by atoms with Gasteiger partial charge in [0.15, 0.2) is 0 Å². The molecule has 2 aromatic rings. The van der Waals surface area contributed by atoms with Crippen molar-refractivity contribution in [1.82, 2.24) is 19.9 Å². The van der Waals surface area contributed by atoms with Gasteiger partial charge in [0.05, 0.1) is 16.9 Å². The Hall–Kier alpha value is -1.59. The summed E-state index contributed by atoms with van der Waals surface area (Å²) < 4.78 is 1.91. The van der Waals surface area contributed by atoms with Gasteiger partial charge in [0.25, 0.3) is 5.91 Å². The van der Waals surface area contributed by atoms with E-state index in [2.05, 4.69) is 15.3 Å². The van der Waals surface area contributed by atoms with E-state index in [1.165, 1.54) is 6.20 Å². The Morgan fingerprint density at radius 1 is 1.37 bits per heavy atom. The molecule has 3 rings (SSSR count). The molecule has 0 bridgehead atoms. The molecule has 3 heterocycles. The average molecular weight is 297 g/mol. The zero-order valence-corrected chi connectivity index (χ0v) is 11.4. The van der Waals surface area contributed by atoms with Gasteiger partial charge in [-0.3, -0.25) is 4.79 Å². The number of aromatic nitrogens is 3. The minimum absolute atomic E-state index is 0.0833. The summed E-state index contributed by atoms with van der Waals surface area (Å²) in [6.45, 7) is 1.47. The summed E-state index contributed by atoms with van der Waals surface area (Å²) in [5.41, 5.74) is 1.91. The van der Waals surface area contributed by atoms with Crippen LogP contribution in [0.3, 0.4) is 0 Å². The summed E-state index contributed by atoms with van der Waals surface area (Å²) in [5, 5.41) is 3.38. The van der Waals surface area contributed by atoms with Crippen LogP contribution < -0.4 is 5.32 Å². The summed E-state index contributed by atoms with van der Waals surface area (Å²) >= 11 is 11.9. The molecule has 1 N–H and O–H groups in total. The molecule has 0 aromatic carbocycles. The van der Waals surface area contributed by atoms with E-state index in [1.807, 2.05) is 10.8 Å². The van der Waals surface area contributed by atoms with Gasteiger partial charge < -0.3 is 9.88 Å². The summed E-state index contributed by atoms with van der Waals surface area (Å²) in [6, 6.07) is 1.77. The van der Waals surface area contributed by atoms with Crippen molar-refractivity contribution in [1.29, 1.82) is 0 Å². The van der Waals surface area contributed by atoms with Crippen molar-refractivity contribution in [3.8, 4) is 11.3 Å². The second-order valence-corrected chi connectivity index (χ2v) is 5.00. The van der Waals surface area contributed by atoms with Crippen molar-refractivity contribution in [3.63, 3.8) is 0 Å².